The topological polar surface area (TPSA) is 55.8 Å². The number of ether oxygens (including phenoxy) is 2. The van der Waals surface area contributed by atoms with Crippen LogP contribution in [0, 0.1) is 18.8 Å². The average Bonchev–Trinajstić information content (AvgIpc) is 2.52. The first-order valence-corrected chi connectivity index (χ1v) is 8.55. The van der Waals surface area contributed by atoms with Gasteiger partial charge < -0.3 is 14.4 Å². The van der Waals surface area contributed by atoms with Crippen molar-refractivity contribution in [2.24, 2.45) is 11.8 Å². The number of halogens is 1. The average molecular weight is 354 g/mol. The van der Waals surface area contributed by atoms with Crippen molar-refractivity contribution in [2.75, 3.05) is 26.3 Å². The molecule has 1 fully saturated rings. The van der Waals surface area contributed by atoms with Crippen LogP contribution in [-0.2, 0) is 14.3 Å². The summed E-state index contributed by atoms with van der Waals surface area (Å²) in [7, 11) is 0. The second-order valence-electron chi connectivity index (χ2n) is 6.61. The normalized spacial score (nSPS) is 20.6. The minimum absolute atomic E-state index is 0.149. The molecular weight excluding hydrogens is 330 g/mol. The third kappa shape index (κ3) is 5.41. The van der Waals surface area contributed by atoms with Crippen LogP contribution < -0.4 is 4.74 Å². The van der Waals surface area contributed by atoms with Crippen molar-refractivity contribution in [3.05, 3.63) is 28.8 Å². The molecular formula is C18H24ClNO4. The number of piperidine rings is 1. The first kappa shape index (κ1) is 18.6. The molecule has 24 heavy (non-hydrogen) atoms. The Morgan fingerprint density at radius 3 is 2.50 bits per heavy atom. The molecule has 0 N–H and O–H groups in total. The molecule has 1 heterocycles. The molecule has 0 aromatic heterocycles. The zero-order chi connectivity index (χ0) is 17.7. The highest BCUT2D eigenvalue weighted by atomic mass is 35.5. The van der Waals surface area contributed by atoms with E-state index in [1.165, 1.54) is 0 Å². The van der Waals surface area contributed by atoms with Gasteiger partial charge in [-0.05, 0) is 48.9 Å². The molecule has 0 saturated carbocycles. The van der Waals surface area contributed by atoms with Crippen LogP contribution in [0.2, 0.25) is 5.02 Å². The van der Waals surface area contributed by atoms with Gasteiger partial charge in [0, 0.05) is 18.1 Å². The molecule has 132 valence electrons. The second-order valence-corrected chi connectivity index (χ2v) is 7.01. The molecule has 1 aromatic rings. The van der Waals surface area contributed by atoms with Crippen molar-refractivity contribution in [3.63, 3.8) is 0 Å². The zero-order valence-electron chi connectivity index (χ0n) is 14.4. The number of likely N-dealkylation sites (tertiary alicyclic amines) is 1. The van der Waals surface area contributed by atoms with Gasteiger partial charge in [-0.1, -0.05) is 25.4 Å². The zero-order valence-corrected chi connectivity index (χ0v) is 15.1. The summed E-state index contributed by atoms with van der Waals surface area (Å²) in [4.78, 5) is 25.7. The number of hydrogen-bond donors (Lipinski definition) is 0. The lowest BCUT2D eigenvalue weighted by atomic mass is 9.92. The number of benzene rings is 1. The van der Waals surface area contributed by atoms with E-state index in [1.54, 1.807) is 23.1 Å². The van der Waals surface area contributed by atoms with Crippen LogP contribution in [0.15, 0.2) is 18.2 Å². The number of carbonyl (C=O) groups excluding carboxylic acids is 2. The Morgan fingerprint density at radius 2 is 1.88 bits per heavy atom. The van der Waals surface area contributed by atoms with Crippen LogP contribution in [0.3, 0.4) is 0 Å². The molecule has 0 aliphatic carbocycles. The molecule has 0 bridgehead atoms. The molecule has 1 aliphatic heterocycles. The van der Waals surface area contributed by atoms with Crippen LogP contribution in [0.25, 0.3) is 0 Å². The molecule has 5 nitrogen and oxygen atoms in total. The fourth-order valence-corrected chi connectivity index (χ4v) is 3.11. The van der Waals surface area contributed by atoms with Crippen molar-refractivity contribution < 1.29 is 19.1 Å². The number of carbonyl (C=O) groups is 2. The molecule has 1 amide bonds. The number of nitrogens with zero attached hydrogens (tertiary/aromatic N) is 1. The highest BCUT2D eigenvalue weighted by Crippen LogP contribution is 2.22. The van der Waals surface area contributed by atoms with Crippen molar-refractivity contribution in [1.29, 1.82) is 0 Å². The molecule has 0 spiro atoms. The van der Waals surface area contributed by atoms with E-state index in [-0.39, 0.29) is 19.1 Å². The second kappa shape index (κ2) is 8.38. The van der Waals surface area contributed by atoms with E-state index in [9.17, 15) is 9.59 Å². The van der Waals surface area contributed by atoms with Crippen molar-refractivity contribution in [1.82, 2.24) is 4.90 Å². The maximum atomic E-state index is 12.1. The molecule has 1 aromatic carbocycles. The van der Waals surface area contributed by atoms with Gasteiger partial charge in [0.15, 0.2) is 13.2 Å². The summed E-state index contributed by atoms with van der Waals surface area (Å²) in [5, 5.41) is 0.639. The summed E-state index contributed by atoms with van der Waals surface area (Å²) in [6.45, 7) is 7.09. The Labute approximate surface area is 147 Å². The minimum Gasteiger partial charge on any atom is -0.482 e. The summed E-state index contributed by atoms with van der Waals surface area (Å²) >= 11 is 5.93. The van der Waals surface area contributed by atoms with Crippen LogP contribution >= 0.6 is 11.6 Å². The van der Waals surface area contributed by atoms with Crippen LogP contribution in [0.5, 0.6) is 5.75 Å². The monoisotopic (exact) mass is 353 g/mol. The summed E-state index contributed by atoms with van der Waals surface area (Å²) in [6.07, 6.45) is 1.12. The number of hydrogen-bond acceptors (Lipinski definition) is 4. The highest BCUT2D eigenvalue weighted by molar-refractivity contribution is 6.31. The van der Waals surface area contributed by atoms with E-state index in [0.717, 1.165) is 25.1 Å². The quantitative estimate of drug-likeness (QED) is 0.763. The Balaban J connectivity index is 1.74. The van der Waals surface area contributed by atoms with Crippen molar-refractivity contribution in [3.8, 4) is 5.75 Å². The number of amides is 1. The molecule has 1 saturated heterocycles. The summed E-state index contributed by atoms with van der Waals surface area (Å²) < 4.78 is 10.4. The van der Waals surface area contributed by atoms with Crippen molar-refractivity contribution in [2.45, 2.75) is 27.2 Å². The minimum atomic E-state index is -0.561. The summed E-state index contributed by atoms with van der Waals surface area (Å²) in [5.41, 5.74) is 0.867. The Kier molecular flexibility index (Phi) is 6.49. The first-order valence-electron chi connectivity index (χ1n) is 8.17. The molecule has 1 aliphatic rings. The molecule has 6 heteroatoms. The third-order valence-electron chi connectivity index (χ3n) is 4.06. The predicted octanol–water partition coefficient (Wildman–Crippen LogP) is 3.07. The van der Waals surface area contributed by atoms with Gasteiger partial charge in [-0.25, -0.2) is 4.79 Å². The van der Waals surface area contributed by atoms with E-state index >= 15 is 0 Å². The maximum Gasteiger partial charge on any atom is 0.344 e. The molecule has 0 unspecified atom stereocenters. The molecule has 2 rings (SSSR count). The SMILES string of the molecule is Cc1cc(OCC(=O)OCC(=O)N2C[C@H](C)C[C@H](C)C2)ccc1Cl. The van der Waals surface area contributed by atoms with E-state index < -0.39 is 5.97 Å². The van der Waals surface area contributed by atoms with Gasteiger partial charge in [0.1, 0.15) is 5.75 Å². The van der Waals surface area contributed by atoms with Crippen LogP contribution in [-0.4, -0.2) is 43.1 Å². The van der Waals surface area contributed by atoms with E-state index in [1.807, 2.05) is 6.92 Å². The largest absolute Gasteiger partial charge is 0.482 e. The van der Waals surface area contributed by atoms with Crippen LogP contribution in [0.1, 0.15) is 25.8 Å². The van der Waals surface area contributed by atoms with Gasteiger partial charge >= 0.3 is 5.97 Å². The summed E-state index contributed by atoms with van der Waals surface area (Å²) in [5.74, 6) is 0.784. The van der Waals surface area contributed by atoms with Gasteiger partial charge in [0.25, 0.3) is 5.91 Å². The first-order chi connectivity index (χ1) is 11.3. The van der Waals surface area contributed by atoms with Gasteiger partial charge in [0.2, 0.25) is 0 Å². The third-order valence-corrected chi connectivity index (χ3v) is 4.49. The number of aryl methyl sites for hydroxylation is 1. The van der Waals surface area contributed by atoms with E-state index in [4.69, 9.17) is 21.1 Å². The fraction of sp³-hybridized carbons (Fsp3) is 0.556. The van der Waals surface area contributed by atoms with Gasteiger partial charge in [0.05, 0.1) is 0 Å². The van der Waals surface area contributed by atoms with Crippen LogP contribution in [0.4, 0.5) is 0 Å². The van der Waals surface area contributed by atoms with Gasteiger partial charge in [-0.15, -0.1) is 0 Å². The fourth-order valence-electron chi connectivity index (χ4n) is 2.99. The van der Waals surface area contributed by atoms with Gasteiger partial charge in [-0.2, -0.15) is 0 Å². The molecule has 2 atom stereocenters. The number of rotatable bonds is 5. The summed E-state index contributed by atoms with van der Waals surface area (Å²) in [6, 6.07) is 5.14. The van der Waals surface area contributed by atoms with Crippen molar-refractivity contribution >= 4 is 23.5 Å². The standard InChI is InChI=1S/C18H24ClNO4/c1-12-6-13(2)9-20(8-12)17(21)10-24-18(22)11-23-15-4-5-16(19)14(3)7-15/h4-5,7,12-13H,6,8-11H2,1-3H3/t12-,13+. The smallest absolute Gasteiger partial charge is 0.344 e. The highest BCUT2D eigenvalue weighted by Gasteiger charge is 2.25. The van der Waals surface area contributed by atoms with E-state index in [2.05, 4.69) is 13.8 Å². The Morgan fingerprint density at radius 1 is 1.21 bits per heavy atom. The number of esters is 1. The Bertz CT molecular complexity index is 595. The lowest BCUT2D eigenvalue weighted by Crippen LogP contribution is -2.44. The Hall–Kier alpha value is -1.75. The van der Waals surface area contributed by atoms with Gasteiger partial charge in [-0.3, -0.25) is 4.79 Å². The maximum absolute atomic E-state index is 12.1. The van der Waals surface area contributed by atoms with E-state index in [0.29, 0.717) is 22.6 Å². The lowest BCUT2D eigenvalue weighted by molar-refractivity contribution is -0.154. The molecule has 0 radical (unpaired) electrons. The predicted molar refractivity (Wildman–Crippen MR) is 92.2 cm³/mol. The lowest BCUT2D eigenvalue weighted by Gasteiger charge is -2.34.